The third-order valence-electron chi connectivity index (χ3n) is 3.95. The first-order chi connectivity index (χ1) is 12.0. The summed E-state index contributed by atoms with van der Waals surface area (Å²) < 4.78 is 13.2. The lowest BCUT2D eigenvalue weighted by molar-refractivity contribution is -0.162. The molecule has 0 aliphatic carbocycles. The zero-order valence-electron chi connectivity index (χ0n) is 14.6. The number of halogens is 1. The molecule has 0 amide bonds. The Balaban J connectivity index is 2.56. The van der Waals surface area contributed by atoms with E-state index in [-0.39, 0.29) is 13.2 Å². The van der Waals surface area contributed by atoms with Crippen molar-refractivity contribution in [2.45, 2.75) is 19.8 Å². The average Bonchev–Trinajstić information content (AvgIpc) is 2.99. The molecule has 5 nitrogen and oxygen atoms in total. The van der Waals surface area contributed by atoms with Gasteiger partial charge in [-0.25, -0.2) is 0 Å². The van der Waals surface area contributed by atoms with Gasteiger partial charge in [0.15, 0.2) is 5.92 Å². The van der Waals surface area contributed by atoms with Crippen molar-refractivity contribution < 1.29 is 19.1 Å². The van der Waals surface area contributed by atoms with E-state index in [9.17, 15) is 9.59 Å². The summed E-state index contributed by atoms with van der Waals surface area (Å²) in [4.78, 5) is 25.2. The number of hydrogen-bond acceptors (Lipinski definition) is 4. The maximum absolute atomic E-state index is 12.6. The van der Waals surface area contributed by atoms with Crippen LogP contribution in [0.4, 0.5) is 0 Å². The van der Waals surface area contributed by atoms with E-state index >= 15 is 0 Å². The van der Waals surface area contributed by atoms with Crippen molar-refractivity contribution in [3.8, 4) is 0 Å². The van der Waals surface area contributed by atoms with E-state index in [2.05, 4.69) is 15.9 Å². The Morgan fingerprint density at radius 2 is 1.60 bits per heavy atom. The minimum absolute atomic E-state index is 0.203. The Morgan fingerprint density at radius 1 is 1.04 bits per heavy atom. The monoisotopic (exact) mass is 407 g/mol. The second-order valence-electron chi connectivity index (χ2n) is 5.55. The summed E-state index contributed by atoms with van der Waals surface area (Å²) in [7, 11) is 1.88. The van der Waals surface area contributed by atoms with Gasteiger partial charge in [0, 0.05) is 29.3 Å². The molecule has 6 heteroatoms. The molecular weight excluding hydrogens is 386 g/mol. The zero-order valence-corrected chi connectivity index (χ0v) is 16.2. The number of benzene rings is 1. The first-order valence-electron chi connectivity index (χ1n) is 8.19. The highest BCUT2D eigenvalue weighted by Gasteiger charge is 2.40. The summed E-state index contributed by atoms with van der Waals surface area (Å²) in [6.45, 7) is 3.85. The molecule has 0 radical (unpaired) electrons. The van der Waals surface area contributed by atoms with Gasteiger partial charge >= 0.3 is 11.9 Å². The van der Waals surface area contributed by atoms with Crippen LogP contribution in [0.25, 0.3) is 0 Å². The first kappa shape index (κ1) is 19.2. The van der Waals surface area contributed by atoms with Crippen LogP contribution in [-0.2, 0) is 26.1 Å². The normalized spacial score (nSPS) is 12.0. The van der Waals surface area contributed by atoms with Crippen LogP contribution in [0.15, 0.2) is 47.1 Å². The van der Waals surface area contributed by atoms with E-state index in [4.69, 9.17) is 9.47 Å². The number of esters is 2. The van der Waals surface area contributed by atoms with Crippen LogP contribution in [-0.4, -0.2) is 29.7 Å². The van der Waals surface area contributed by atoms with Crippen LogP contribution in [0.5, 0.6) is 0 Å². The number of aryl methyl sites for hydroxylation is 1. The molecule has 134 valence electrons. The molecule has 0 aliphatic rings. The number of aromatic nitrogens is 1. The summed E-state index contributed by atoms with van der Waals surface area (Å²) >= 11 is 3.41. The van der Waals surface area contributed by atoms with Gasteiger partial charge in [-0.1, -0.05) is 28.1 Å². The summed E-state index contributed by atoms with van der Waals surface area (Å²) in [6, 6.07) is 11.4. The fraction of sp³-hybridized carbons (Fsp3) is 0.368. The Bertz CT molecular complexity index is 705. The molecule has 1 aromatic carbocycles. The van der Waals surface area contributed by atoms with Crippen LogP contribution in [0.1, 0.15) is 31.0 Å². The van der Waals surface area contributed by atoms with Crippen molar-refractivity contribution in [3.05, 3.63) is 58.3 Å². The standard InChI is InChI=1S/C19H22BrNO4/c1-4-24-18(22)17(19(23)25-5-2)16(15-7-6-12-21(15)3)13-8-10-14(20)11-9-13/h6-12,16-17H,4-5H2,1-3H3/t16-/m0/s1. The lowest BCUT2D eigenvalue weighted by atomic mass is 9.83. The van der Waals surface area contributed by atoms with Crippen LogP contribution in [0.3, 0.4) is 0 Å². The van der Waals surface area contributed by atoms with Gasteiger partial charge in [0.1, 0.15) is 0 Å². The lowest BCUT2D eigenvalue weighted by Gasteiger charge is -2.25. The van der Waals surface area contributed by atoms with Gasteiger partial charge in [0.25, 0.3) is 0 Å². The predicted octanol–water partition coefficient (Wildman–Crippen LogP) is 3.66. The van der Waals surface area contributed by atoms with E-state index in [0.717, 1.165) is 15.7 Å². The quantitative estimate of drug-likeness (QED) is 0.518. The van der Waals surface area contributed by atoms with Crippen LogP contribution in [0, 0.1) is 5.92 Å². The molecule has 0 N–H and O–H groups in total. The largest absolute Gasteiger partial charge is 0.465 e. The number of nitrogens with zero attached hydrogens (tertiary/aromatic N) is 1. The molecule has 0 aliphatic heterocycles. The highest BCUT2D eigenvalue weighted by Crippen LogP contribution is 2.34. The van der Waals surface area contributed by atoms with E-state index in [1.165, 1.54) is 0 Å². The van der Waals surface area contributed by atoms with Gasteiger partial charge in [0.2, 0.25) is 0 Å². The summed E-state index contributed by atoms with van der Waals surface area (Å²) in [5, 5.41) is 0. The summed E-state index contributed by atoms with van der Waals surface area (Å²) in [5.74, 6) is -2.70. The molecule has 2 rings (SSSR count). The van der Waals surface area contributed by atoms with Crippen molar-refractivity contribution in [1.29, 1.82) is 0 Å². The first-order valence-corrected chi connectivity index (χ1v) is 8.98. The maximum atomic E-state index is 12.6. The Hall–Kier alpha value is -2.08. The van der Waals surface area contributed by atoms with Crippen molar-refractivity contribution in [3.63, 3.8) is 0 Å². The fourth-order valence-electron chi connectivity index (χ4n) is 2.83. The van der Waals surface area contributed by atoms with Crippen LogP contribution < -0.4 is 0 Å². The smallest absolute Gasteiger partial charge is 0.321 e. The molecule has 0 saturated carbocycles. The number of hydrogen-bond donors (Lipinski definition) is 0. The fourth-order valence-corrected chi connectivity index (χ4v) is 3.10. The molecule has 0 bridgehead atoms. The third kappa shape index (κ3) is 4.51. The lowest BCUT2D eigenvalue weighted by Crippen LogP contribution is -2.34. The van der Waals surface area contributed by atoms with Crippen molar-refractivity contribution in [2.75, 3.05) is 13.2 Å². The molecule has 0 spiro atoms. The number of ether oxygens (including phenoxy) is 2. The van der Waals surface area contributed by atoms with E-state index in [1.54, 1.807) is 13.8 Å². The van der Waals surface area contributed by atoms with Gasteiger partial charge in [-0.2, -0.15) is 0 Å². The van der Waals surface area contributed by atoms with E-state index in [0.29, 0.717) is 0 Å². The molecular formula is C19H22BrNO4. The van der Waals surface area contributed by atoms with Gasteiger partial charge in [-0.15, -0.1) is 0 Å². The second-order valence-corrected chi connectivity index (χ2v) is 6.47. The Labute approximate surface area is 156 Å². The van der Waals surface area contributed by atoms with Gasteiger partial charge in [-0.05, 0) is 43.7 Å². The molecule has 0 unspecified atom stereocenters. The minimum atomic E-state index is -1.06. The van der Waals surface area contributed by atoms with Gasteiger partial charge in [0.05, 0.1) is 13.2 Å². The zero-order chi connectivity index (χ0) is 18.4. The molecule has 1 atom stereocenters. The molecule has 0 fully saturated rings. The Kier molecular flexibility index (Phi) is 6.82. The highest BCUT2D eigenvalue weighted by atomic mass is 79.9. The summed E-state index contributed by atoms with van der Waals surface area (Å²) in [6.07, 6.45) is 1.88. The van der Waals surface area contributed by atoms with Crippen molar-refractivity contribution in [1.82, 2.24) is 4.57 Å². The van der Waals surface area contributed by atoms with Crippen LogP contribution in [0.2, 0.25) is 0 Å². The van der Waals surface area contributed by atoms with Crippen LogP contribution >= 0.6 is 15.9 Å². The Morgan fingerprint density at radius 3 is 2.04 bits per heavy atom. The minimum Gasteiger partial charge on any atom is -0.465 e. The molecule has 0 saturated heterocycles. The van der Waals surface area contributed by atoms with E-state index in [1.807, 2.05) is 54.2 Å². The summed E-state index contributed by atoms with van der Waals surface area (Å²) in [5.41, 5.74) is 1.68. The van der Waals surface area contributed by atoms with E-state index < -0.39 is 23.8 Å². The topological polar surface area (TPSA) is 57.5 Å². The number of carbonyl (C=O) groups excluding carboxylic acids is 2. The van der Waals surface area contributed by atoms with Crippen molar-refractivity contribution >= 4 is 27.9 Å². The second kappa shape index (κ2) is 8.85. The highest BCUT2D eigenvalue weighted by molar-refractivity contribution is 9.10. The number of rotatable bonds is 7. The maximum Gasteiger partial charge on any atom is 0.321 e. The number of carbonyl (C=O) groups is 2. The molecule has 1 aromatic heterocycles. The van der Waals surface area contributed by atoms with Gasteiger partial charge < -0.3 is 14.0 Å². The third-order valence-corrected chi connectivity index (χ3v) is 4.47. The molecule has 25 heavy (non-hydrogen) atoms. The predicted molar refractivity (Wildman–Crippen MR) is 98.2 cm³/mol. The average molecular weight is 408 g/mol. The molecule has 1 heterocycles. The molecule has 2 aromatic rings. The van der Waals surface area contributed by atoms with Crippen molar-refractivity contribution in [2.24, 2.45) is 13.0 Å². The SMILES string of the molecule is CCOC(=O)C(C(=O)OCC)[C@@H](c1ccc(Br)cc1)c1cccn1C. The van der Waals surface area contributed by atoms with Gasteiger partial charge in [-0.3, -0.25) is 9.59 Å².